The summed E-state index contributed by atoms with van der Waals surface area (Å²) in [7, 11) is 0. The van der Waals surface area contributed by atoms with Gasteiger partial charge in [0.15, 0.2) is 5.69 Å². The Morgan fingerprint density at radius 1 is 1.25 bits per heavy atom. The van der Waals surface area contributed by atoms with Crippen LogP contribution in [-0.2, 0) is 16.0 Å². The fraction of sp³-hybridized carbons (Fsp3) is 0.833. The number of hydrogen-bond acceptors (Lipinski definition) is 7. The number of amides is 1. The maximum absolute atomic E-state index is 12.6. The summed E-state index contributed by atoms with van der Waals surface area (Å²) < 4.78 is 13.3. The molecule has 0 aromatic carbocycles. The molecule has 158 valence electrons. The molecule has 28 heavy (non-hydrogen) atoms. The van der Waals surface area contributed by atoms with E-state index < -0.39 is 0 Å². The largest absolute Gasteiger partial charge is 0.381 e. The topological polar surface area (TPSA) is 93.5 Å². The Labute approximate surface area is 171 Å². The van der Waals surface area contributed by atoms with Crippen molar-refractivity contribution in [2.45, 2.75) is 43.9 Å². The monoisotopic (exact) mass is 414 g/mol. The quantitative estimate of drug-likeness (QED) is 0.703. The van der Waals surface area contributed by atoms with Gasteiger partial charge in [0.1, 0.15) is 0 Å². The third kappa shape index (κ3) is 5.42. The van der Waals surface area contributed by atoms with Crippen LogP contribution < -0.4 is 10.6 Å². The van der Waals surface area contributed by atoms with Crippen molar-refractivity contribution in [1.82, 2.24) is 30.5 Å². The van der Waals surface area contributed by atoms with Crippen molar-refractivity contribution in [3.05, 3.63) is 11.9 Å². The average molecular weight is 415 g/mol. The predicted octanol–water partition coefficient (Wildman–Crippen LogP) is 0.0631. The van der Waals surface area contributed by atoms with Gasteiger partial charge in [-0.3, -0.25) is 14.4 Å². The van der Waals surface area contributed by atoms with E-state index in [2.05, 4.69) is 25.8 Å². The first-order chi connectivity index (χ1) is 13.2. The van der Waals surface area contributed by atoms with E-state index in [0.717, 1.165) is 78.2 Å². The minimum Gasteiger partial charge on any atom is -0.381 e. The van der Waals surface area contributed by atoms with Crippen LogP contribution >= 0.6 is 12.4 Å². The van der Waals surface area contributed by atoms with E-state index >= 15 is 0 Å². The van der Waals surface area contributed by atoms with Crippen LogP contribution in [-0.4, -0.2) is 90.0 Å². The number of nitrogens with one attached hydrogen (secondary N) is 2. The van der Waals surface area contributed by atoms with Gasteiger partial charge in [0.05, 0.1) is 18.3 Å². The lowest BCUT2D eigenvalue weighted by atomic mass is 9.84. The van der Waals surface area contributed by atoms with Crippen LogP contribution in [0.1, 0.15) is 36.2 Å². The Kier molecular flexibility index (Phi) is 7.64. The number of aromatic nitrogens is 3. The van der Waals surface area contributed by atoms with Crippen molar-refractivity contribution in [1.29, 1.82) is 0 Å². The molecule has 9 nitrogen and oxygen atoms in total. The molecule has 1 atom stereocenters. The highest BCUT2D eigenvalue weighted by atomic mass is 35.5. The molecule has 3 fully saturated rings. The molecule has 3 aliphatic heterocycles. The lowest BCUT2D eigenvalue weighted by Gasteiger charge is -2.43. The molecule has 3 saturated heterocycles. The Hall–Kier alpha value is -1.26. The third-order valence-electron chi connectivity index (χ3n) is 5.86. The van der Waals surface area contributed by atoms with E-state index in [1.807, 2.05) is 0 Å². The second-order valence-electron chi connectivity index (χ2n) is 7.77. The van der Waals surface area contributed by atoms with Crippen molar-refractivity contribution < 1.29 is 14.3 Å². The number of carbonyl (C=O) groups excluding carboxylic acids is 1. The van der Waals surface area contributed by atoms with Gasteiger partial charge in [0.2, 0.25) is 0 Å². The van der Waals surface area contributed by atoms with Crippen LogP contribution in [0, 0.1) is 0 Å². The van der Waals surface area contributed by atoms with Crippen molar-refractivity contribution >= 4 is 18.3 Å². The highest BCUT2D eigenvalue weighted by Crippen LogP contribution is 2.34. The molecule has 1 spiro atoms. The van der Waals surface area contributed by atoms with E-state index in [1.54, 1.807) is 10.9 Å². The summed E-state index contributed by atoms with van der Waals surface area (Å²) in [4.78, 5) is 15.0. The number of carbonyl (C=O) groups is 1. The van der Waals surface area contributed by atoms with Gasteiger partial charge < -0.3 is 20.1 Å². The molecule has 0 radical (unpaired) electrons. The van der Waals surface area contributed by atoms with Gasteiger partial charge in [0, 0.05) is 58.6 Å². The molecule has 1 aromatic heterocycles. The fourth-order valence-electron chi connectivity index (χ4n) is 4.19. The summed E-state index contributed by atoms with van der Waals surface area (Å²) in [5.74, 6) is -0.141. The molecule has 1 amide bonds. The zero-order valence-corrected chi connectivity index (χ0v) is 17.1. The molecule has 0 bridgehead atoms. The molecular formula is C18H31ClN6O3. The summed E-state index contributed by atoms with van der Waals surface area (Å²) in [5, 5.41) is 14.7. The van der Waals surface area contributed by atoms with Gasteiger partial charge in [-0.15, -0.1) is 17.5 Å². The summed E-state index contributed by atoms with van der Waals surface area (Å²) in [6, 6.07) is 0.121. The molecule has 0 saturated carbocycles. The van der Waals surface area contributed by atoms with Crippen LogP contribution in [0.3, 0.4) is 0 Å². The molecule has 1 aromatic rings. The molecule has 2 N–H and O–H groups in total. The van der Waals surface area contributed by atoms with Gasteiger partial charge in [0.25, 0.3) is 5.91 Å². The van der Waals surface area contributed by atoms with Crippen LogP contribution in [0.2, 0.25) is 0 Å². The average Bonchev–Trinajstić information content (AvgIpc) is 3.17. The maximum atomic E-state index is 12.6. The smallest absolute Gasteiger partial charge is 0.273 e. The SMILES string of the molecule is Cl.O=C(NC1CCOC2(CCOCC2)C1)c1cn(CCN2CCNCC2)nn1. The third-order valence-corrected chi connectivity index (χ3v) is 5.86. The molecule has 10 heteroatoms. The van der Waals surface area contributed by atoms with Gasteiger partial charge in [-0.1, -0.05) is 5.21 Å². The molecule has 0 aliphatic carbocycles. The van der Waals surface area contributed by atoms with Crippen LogP contribution in [0.25, 0.3) is 0 Å². The van der Waals surface area contributed by atoms with Crippen LogP contribution in [0.15, 0.2) is 6.20 Å². The lowest BCUT2D eigenvalue weighted by Crippen LogP contribution is -2.51. The number of rotatable bonds is 5. The molecular weight excluding hydrogens is 384 g/mol. The van der Waals surface area contributed by atoms with E-state index in [-0.39, 0.29) is 30.0 Å². The summed E-state index contributed by atoms with van der Waals surface area (Å²) in [5.41, 5.74) is 0.262. The zero-order valence-electron chi connectivity index (χ0n) is 16.3. The number of nitrogens with zero attached hydrogens (tertiary/aromatic N) is 4. The van der Waals surface area contributed by atoms with Crippen molar-refractivity contribution in [3.63, 3.8) is 0 Å². The first kappa shape index (κ1) is 21.4. The Bertz CT molecular complexity index is 625. The zero-order chi connectivity index (χ0) is 18.5. The van der Waals surface area contributed by atoms with E-state index in [0.29, 0.717) is 12.3 Å². The molecule has 4 heterocycles. The lowest BCUT2D eigenvalue weighted by molar-refractivity contribution is -0.139. The minimum atomic E-state index is -0.141. The molecule has 3 aliphatic rings. The first-order valence-corrected chi connectivity index (χ1v) is 10.1. The van der Waals surface area contributed by atoms with Gasteiger partial charge in [-0.05, 0) is 25.7 Å². The fourth-order valence-corrected chi connectivity index (χ4v) is 4.19. The Balaban J connectivity index is 0.00000225. The highest BCUT2D eigenvalue weighted by molar-refractivity contribution is 5.92. The highest BCUT2D eigenvalue weighted by Gasteiger charge is 2.39. The standard InChI is InChI=1S/C18H30N6O3.ClH/c25-17(20-15-1-10-27-18(13-15)2-11-26-12-3-18)16-14-24(22-21-16)9-8-23-6-4-19-5-7-23;/h14-15,19H,1-13H2,(H,20,25);1H. The summed E-state index contributed by atoms with van der Waals surface area (Å²) >= 11 is 0. The molecule has 1 unspecified atom stereocenters. The second kappa shape index (κ2) is 9.98. The minimum absolute atomic E-state index is 0. The maximum Gasteiger partial charge on any atom is 0.273 e. The predicted molar refractivity (Wildman–Crippen MR) is 106 cm³/mol. The number of ether oxygens (including phenoxy) is 2. The van der Waals surface area contributed by atoms with Gasteiger partial charge >= 0.3 is 0 Å². The molecule has 4 rings (SSSR count). The first-order valence-electron chi connectivity index (χ1n) is 10.1. The van der Waals surface area contributed by atoms with Crippen molar-refractivity contribution in [3.8, 4) is 0 Å². The van der Waals surface area contributed by atoms with Crippen LogP contribution in [0.4, 0.5) is 0 Å². The second-order valence-corrected chi connectivity index (χ2v) is 7.77. The van der Waals surface area contributed by atoms with Gasteiger partial charge in [-0.2, -0.15) is 0 Å². The van der Waals surface area contributed by atoms with E-state index in [9.17, 15) is 4.79 Å². The summed E-state index contributed by atoms with van der Waals surface area (Å²) in [6.07, 6.45) is 5.24. The normalized spacial score (nSPS) is 25.2. The number of halogens is 1. The van der Waals surface area contributed by atoms with E-state index in [1.165, 1.54) is 0 Å². The summed E-state index contributed by atoms with van der Waals surface area (Å²) in [6.45, 7) is 8.01. The Morgan fingerprint density at radius 3 is 2.82 bits per heavy atom. The van der Waals surface area contributed by atoms with Crippen molar-refractivity contribution in [2.75, 3.05) is 52.5 Å². The number of hydrogen-bond donors (Lipinski definition) is 2. The Morgan fingerprint density at radius 2 is 2.04 bits per heavy atom. The number of piperazine rings is 1. The van der Waals surface area contributed by atoms with E-state index in [4.69, 9.17) is 9.47 Å². The van der Waals surface area contributed by atoms with Gasteiger partial charge in [-0.25, -0.2) is 0 Å². The van der Waals surface area contributed by atoms with Crippen molar-refractivity contribution in [2.24, 2.45) is 0 Å². The van der Waals surface area contributed by atoms with Crippen LogP contribution in [0.5, 0.6) is 0 Å².